The average molecular weight is 247 g/mol. The third-order valence-electron chi connectivity index (χ3n) is 2.67. The molecule has 18 heavy (non-hydrogen) atoms. The van der Waals surface area contributed by atoms with Gasteiger partial charge in [0.05, 0.1) is 7.11 Å². The van der Waals surface area contributed by atoms with Crippen LogP contribution < -0.4 is 10.1 Å². The van der Waals surface area contributed by atoms with Gasteiger partial charge in [-0.2, -0.15) is 4.98 Å². The first-order valence-electron chi connectivity index (χ1n) is 5.89. The minimum Gasteiger partial charge on any atom is -0.496 e. The summed E-state index contributed by atoms with van der Waals surface area (Å²) in [5.41, 5.74) is 2.38. The maximum Gasteiger partial charge on any atom is 0.227 e. The first-order valence-corrected chi connectivity index (χ1v) is 5.89. The van der Waals surface area contributed by atoms with Gasteiger partial charge in [0.2, 0.25) is 5.89 Å². The molecule has 0 saturated carbocycles. The second kappa shape index (κ2) is 6.16. The van der Waals surface area contributed by atoms with E-state index in [1.165, 1.54) is 11.9 Å². The standard InChI is InChI=1S/C13H17N3O2/c1-10-3-4-12(17-2)11(7-10)8-14-6-5-13-15-9-16-18-13/h3-4,7,9,14H,5-6,8H2,1-2H3. The Bertz CT molecular complexity index is 483. The zero-order valence-corrected chi connectivity index (χ0v) is 10.6. The fraction of sp³-hybridized carbons (Fsp3) is 0.385. The van der Waals surface area contributed by atoms with E-state index in [0.717, 1.165) is 30.8 Å². The van der Waals surface area contributed by atoms with Gasteiger partial charge in [-0.1, -0.05) is 22.9 Å². The van der Waals surface area contributed by atoms with Crippen LogP contribution in [0.15, 0.2) is 29.0 Å². The molecule has 96 valence electrons. The van der Waals surface area contributed by atoms with Gasteiger partial charge in [-0.3, -0.25) is 0 Å². The SMILES string of the molecule is COc1ccc(C)cc1CNCCc1ncno1. The Morgan fingerprint density at radius 3 is 3.00 bits per heavy atom. The lowest BCUT2D eigenvalue weighted by molar-refractivity contribution is 0.374. The van der Waals surface area contributed by atoms with Gasteiger partial charge in [0.1, 0.15) is 5.75 Å². The van der Waals surface area contributed by atoms with Gasteiger partial charge in [-0.15, -0.1) is 0 Å². The van der Waals surface area contributed by atoms with Crippen LogP contribution in [0.1, 0.15) is 17.0 Å². The molecule has 1 aromatic heterocycles. The van der Waals surface area contributed by atoms with E-state index in [2.05, 4.69) is 28.4 Å². The molecule has 0 aliphatic heterocycles. The molecule has 5 nitrogen and oxygen atoms in total. The number of nitrogens with one attached hydrogen (secondary N) is 1. The van der Waals surface area contributed by atoms with Gasteiger partial charge < -0.3 is 14.6 Å². The monoisotopic (exact) mass is 247 g/mol. The van der Waals surface area contributed by atoms with Crippen LogP contribution >= 0.6 is 0 Å². The summed E-state index contributed by atoms with van der Waals surface area (Å²) in [6, 6.07) is 6.16. The van der Waals surface area contributed by atoms with Crippen molar-refractivity contribution >= 4 is 0 Å². The summed E-state index contributed by atoms with van der Waals surface area (Å²) < 4.78 is 10.2. The summed E-state index contributed by atoms with van der Waals surface area (Å²) in [6.07, 6.45) is 2.15. The molecule has 0 aliphatic carbocycles. The number of nitrogens with zero attached hydrogens (tertiary/aromatic N) is 2. The lowest BCUT2D eigenvalue weighted by Crippen LogP contribution is -2.17. The quantitative estimate of drug-likeness (QED) is 0.787. The minimum atomic E-state index is 0.652. The highest BCUT2D eigenvalue weighted by molar-refractivity contribution is 5.36. The van der Waals surface area contributed by atoms with Crippen LogP contribution in [0.2, 0.25) is 0 Å². The van der Waals surface area contributed by atoms with Crippen LogP contribution in [0.4, 0.5) is 0 Å². The van der Waals surface area contributed by atoms with Crippen LogP contribution in [0.25, 0.3) is 0 Å². The number of aromatic nitrogens is 2. The molecule has 0 atom stereocenters. The third kappa shape index (κ3) is 3.30. The van der Waals surface area contributed by atoms with E-state index in [-0.39, 0.29) is 0 Å². The summed E-state index contributed by atoms with van der Waals surface area (Å²) in [5.74, 6) is 1.56. The van der Waals surface area contributed by atoms with Gasteiger partial charge >= 0.3 is 0 Å². The highest BCUT2D eigenvalue weighted by Crippen LogP contribution is 2.19. The Labute approximate surface area is 106 Å². The molecule has 1 N–H and O–H groups in total. The number of benzene rings is 1. The Morgan fingerprint density at radius 2 is 2.28 bits per heavy atom. The van der Waals surface area contributed by atoms with Crippen LogP contribution in [-0.4, -0.2) is 23.8 Å². The summed E-state index contributed by atoms with van der Waals surface area (Å²) in [6.45, 7) is 3.62. The van der Waals surface area contributed by atoms with Gasteiger partial charge in [0, 0.05) is 25.1 Å². The molecule has 0 saturated heterocycles. The van der Waals surface area contributed by atoms with Crippen molar-refractivity contribution in [1.82, 2.24) is 15.5 Å². The molecule has 2 rings (SSSR count). The molecule has 0 bridgehead atoms. The Morgan fingerprint density at radius 1 is 1.39 bits per heavy atom. The van der Waals surface area contributed by atoms with Gasteiger partial charge in [0.25, 0.3) is 0 Å². The zero-order chi connectivity index (χ0) is 12.8. The van der Waals surface area contributed by atoms with E-state index in [4.69, 9.17) is 9.26 Å². The Hall–Kier alpha value is -1.88. The molecule has 2 aromatic rings. The molecule has 0 spiro atoms. The summed E-state index contributed by atoms with van der Waals surface area (Å²) in [7, 11) is 1.69. The lowest BCUT2D eigenvalue weighted by Gasteiger charge is -2.10. The second-order valence-electron chi connectivity index (χ2n) is 4.08. The minimum absolute atomic E-state index is 0.652. The molecular weight excluding hydrogens is 230 g/mol. The normalized spacial score (nSPS) is 10.6. The smallest absolute Gasteiger partial charge is 0.227 e. The van der Waals surface area contributed by atoms with E-state index < -0.39 is 0 Å². The maximum absolute atomic E-state index is 5.32. The Balaban J connectivity index is 1.84. The van der Waals surface area contributed by atoms with E-state index in [1.54, 1.807) is 7.11 Å². The number of hydrogen-bond acceptors (Lipinski definition) is 5. The first kappa shape index (κ1) is 12.6. The van der Waals surface area contributed by atoms with Crippen molar-refractivity contribution in [2.45, 2.75) is 19.9 Å². The molecule has 0 unspecified atom stereocenters. The molecule has 0 amide bonds. The molecule has 5 heteroatoms. The molecule has 0 aliphatic rings. The van der Waals surface area contributed by atoms with Gasteiger partial charge in [-0.25, -0.2) is 0 Å². The van der Waals surface area contributed by atoms with Crippen molar-refractivity contribution in [3.8, 4) is 5.75 Å². The van der Waals surface area contributed by atoms with Crippen molar-refractivity contribution in [2.24, 2.45) is 0 Å². The lowest BCUT2D eigenvalue weighted by atomic mass is 10.1. The molecule has 0 fully saturated rings. The van der Waals surface area contributed by atoms with Crippen molar-refractivity contribution in [3.05, 3.63) is 41.5 Å². The van der Waals surface area contributed by atoms with E-state index in [1.807, 2.05) is 12.1 Å². The molecule has 1 aromatic carbocycles. The highest BCUT2D eigenvalue weighted by atomic mass is 16.5. The van der Waals surface area contributed by atoms with Gasteiger partial charge in [-0.05, 0) is 13.0 Å². The number of ether oxygens (including phenoxy) is 1. The van der Waals surface area contributed by atoms with Crippen LogP contribution in [-0.2, 0) is 13.0 Å². The number of rotatable bonds is 6. The van der Waals surface area contributed by atoms with Crippen molar-refractivity contribution in [2.75, 3.05) is 13.7 Å². The summed E-state index contributed by atoms with van der Waals surface area (Å²) in [5, 5.41) is 6.90. The largest absolute Gasteiger partial charge is 0.496 e. The van der Waals surface area contributed by atoms with Crippen molar-refractivity contribution < 1.29 is 9.26 Å². The van der Waals surface area contributed by atoms with Crippen LogP contribution in [0.5, 0.6) is 5.75 Å². The number of methoxy groups -OCH3 is 1. The fourth-order valence-corrected chi connectivity index (χ4v) is 1.77. The number of aryl methyl sites for hydroxylation is 1. The maximum atomic E-state index is 5.32. The second-order valence-corrected chi connectivity index (χ2v) is 4.08. The van der Waals surface area contributed by atoms with Gasteiger partial charge in [0.15, 0.2) is 6.33 Å². The van der Waals surface area contributed by atoms with E-state index in [9.17, 15) is 0 Å². The third-order valence-corrected chi connectivity index (χ3v) is 2.67. The van der Waals surface area contributed by atoms with E-state index >= 15 is 0 Å². The summed E-state index contributed by atoms with van der Waals surface area (Å²) >= 11 is 0. The van der Waals surface area contributed by atoms with Crippen molar-refractivity contribution in [1.29, 1.82) is 0 Å². The molecule has 1 heterocycles. The zero-order valence-electron chi connectivity index (χ0n) is 10.6. The highest BCUT2D eigenvalue weighted by Gasteiger charge is 2.03. The van der Waals surface area contributed by atoms with E-state index in [0.29, 0.717) is 5.89 Å². The summed E-state index contributed by atoms with van der Waals surface area (Å²) in [4.78, 5) is 3.97. The molecular formula is C13H17N3O2. The fourth-order valence-electron chi connectivity index (χ4n) is 1.77. The predicted molar refractivity (Wildman–Crippen MR) is 67.4 cm³/mol. The van der Waals surface area contributed by atoms with Crippen LogP contribution in [0.3, 0.4) is 0 Å². The first-order chi connectivity index (χ1) is 8.79. The molecule has 0 radical (unpaired) electrons. The topological polar surface area (TPSA) is 60.2 Å². The average Bonchev–Trinajstić information content (AvgIpc) is 2.88. The van der Waals surface area contributed by atoms with Crippen molar-refractivity contribution in [3.63, 3.8) is 0 Å². The predicted octanol–water partition coefficient (Wildman–Crippen LogP) is 1.72. The Kier molecular flexibility index (Phi) is 4.30. The van der Waals surface area contributed by atoms with Crippen LogP contribution in [0, 0.1) is 6.92 Å². The number of hydrogen-bond donors (Lipinski definition) is 1.